The van der Waals surface area contributed by atoms with Gasteiger partial charge in [-0.3, -0.25) is 4.79 Å². The van der Waals surface area contributed by atoms with Gasteiger partial charge in [-0.2, -0.15) is 0 Å². The number of aliphatic hydroxyl groups is 1. The molecule has 1 amide bonds. The lowest BCUT2D eigenvalue weighted by molar-refractivity contribution is -0.116. The summed E-state index contributed by atoms with van der Waals surface area (Å²) in [6.45, 7) is 2.53. The number of nitrogens with zero attached hydrogens (tertiary/aromatic N) is 1. The Hall–Kier alpha value is -1.59. The van der Waals surface area contributed by atoms with E-state index in [4.69, 9.17) is 5.73 Å². The number of carbonyl (C=O) groups excluding carboxylic acids is 1. The first-order valence-corrected chi connectivity index (χ1v) is 6.69. The van der Waals surface area contributed by atoms with Crippen LogP contribution in [-0.4, -0.2) is 41.7 Å². The molecule has 0 aromatic heterocycles. The second-order valence-electron chi connectivity index (χ2n) is 5.02. The number of rotatable bonds is 5. The molecular formula is C14H21N3O2. The van der Waals surface area contributed by atoms with Crippen molar-refractivity contribution in [2.45, 2.75) is 25.4 Å². The summed E-state index contributed by atoms with van der Waals surface area (Å²) in [7, 11) is 0. The third-order valence-electron chi connectivity index (χ3n) is 3.32. The maximum Gasteiger partial charge on any atom is 0.224 e. The van der Waals surface area contributed by atoms with Crippen LogP contribution in [0.25, 0.3) is 0 Å². The first kappa shape index (κ1) is 13.8. The van der Waals surface area contributed by atoms with Gasteiger partial charge in [-0.15, -0.1) is 0 Å². The lowest BCUT2D eigenvalue weighted by Gasteiger charge is -2.14. The zero-order valence-electron chi connectivity index (χ0n) is 11.0. The Morgan fingerprint density at radius 1 is 1.42 bits per heavy atom. The van der Waals surface area contributed by atoms with Crippen molar-refractivity contribution in [1.82, 2.24) is 4.90 Å². The second kappa shape index (κ2) is 6.54. The molecule has 1 aliphatic rings. The number of nitrogens with two attached hydrogens (primary N) is 1. The fourth-order valence-corrected chi connectivity index (χ4v) is 2.27. The van der Waals surface area contributed by atoms with Gasteiger partial charge in [0, 0.05) is 30.9 Å². The number of nitrogens with one attached hydrogen (secondary N) is 1. The molecule has 0 aliphatic carbocycles. The predicted molar refractivity (Wildman–Crippen MR) is 75.8 cm³/mol. The number of aliphatic hydroxyl groups excluding tert-OH is 1. The van der Waals surface area contributed by atoms with Crippen LogP contribution in [0.4, 0.5) is 11.4 Å². The number of hydrogen-bond donors (Lipinski definition) is 3. The van der Waals surface area contributed by atoms with Crippen molar-refractivity contribution in [3.8, 4) is 0 Å². The summed E-state index contributed by atoms with van der Waals surface area (Å²) in [4.78, 5) is 13.9. The minimum absolute atomic E-state index is 0.0181. The van der Waals surface area contributed by atoms with Gasteiger partial charge >= 0.3 is 0 Å². The molecule has 4 N–H and O–H groups in total. The maximum atomic E-state index is 11.7. The van der Waals surface area contributed by atoms with Crippen molar-refractivity contribution in [2.75, 3.05) is 30.7 Å². The molecule has 1 unspecified atom stereocenters. The Morgan fingerprint density at radius 3 is 2.79 bits per heavy atom. The Balaban J connectivity index is 1.66. The number of nitrogen functional groups attached to an aromatic ring is 1. The molecule has 1 fully saturated rings. The summed E-state index contributed by atoms with van der Waals surface area (Å²) >= 11 is 0. The zero-order chi connectivity index (χ0) is 13.7. The Labute approximate surface area is 113 Å². The summed E-state index contributed by atoms with van der Waals surface area (Å²) in [5.41, 5.74) is 7.04. The number of likely N-dealkylation sites (tertiary alicyclic amines) is 1. The topological polar surface area (TPSA) is 78.6 Å². The van der Waals surface area contributed by atoms with Gasteiger partial charge in [0.05, 0.1) is 6.10 Å². The highest BCUT2D eigenvalue weighted by atomic mass is 16.3. The summed E-state index contributed by atoms with van der Waals surface area (Å²) in [5, 5.41) is 12.2. The minimum Gasteiger partial charge on any atom is -0.399 e. The Morgan fingerprint density at radius 2 is 2.16 bits per heavy atom. The van der Waals surface area contributed by atoms with E-state index in [0.717, 1.165) is 38.2 Å². The molecule has 0 bridgehead atoms. The molecule has 1 aromatic carbocycles. The highest BCUT2D eigenvalue weighted by Crippen LogP contribution is 2.12. The van der Waals surface area contributed by atoms with Crippen molar-refractivity contribution in [3.63, 3.8) is 0 Å². The van der Waals surface area contributed by atoms with Crippen molar-refractivity contribution in [1.29, 1.82) is 0 Å². The van der Waals surface area contributed by atoms with Crippen molar-refractivity contribution in [3.05, 3.63) is 24.3 Å². The summed E-state index contributed by atoms with van der Waals surface area (Å²) in [5.74, 6) is 0.0181. The molecule has 1 aromatic rings. The first-order valence-electron chi connectivity index (χ1n) is 6.69. The van der Waals surface area contributed by atoms with Gasteiger partial charge < -0.3 is 21.1 Å². The van der Waals surface area contributed by atoms with Crippen LogP contribution in [0, 0.1) is 0 Å². The lowest BCUT2D eigenvalue weighted by atomic mass is 10.2. The quantitative estimate of drug-likeness (QED) is 0.694. The number of β-amino-alcohol motifs (C(OH)–C–C–N with tert-alkyl or cyclic N) is 1. The third kappa shape index (κ3) is 4.54. The molecule has 5 heteroatoms. The van der Waals surface area contributed by atoms with Gasteiger partial charge in [-0.1, -0.05) is 0 Å². The minimum atomic E-state index is -0.191. The van der Waals surface area contributed by atoms with E-state index in [1.165, 1.54) is 0 Å². The van der Waals surface area contributed by atoms with Crippen LogP contribution in [0.5, 0.6) is 0 Å². The van der Waals surface area contributed by atoms with E-state index in [-0.39, 0.29) is 12.0 Å². The molecule has 0 spiro atoms. The van der Waals surface area contributed by atoms with Gasteiger partial charge in [0.15, 0.2) is 0 Å². The van der Waals surface area contributed by atoms with E-state index < -0.39 is 0 Å². The third-order valence-corrected chi connectivity index (χ3v) is 3.32. The molecule has 104 valence electrons. The molecule has 0 radical (unpaired) electrons. The van der Waals surface area contributed by atoms with E-state index >= 15 is 0 Å². The lowest BCUT2D eigenvalue weighted by Crippen LogP contribution is -2.24. The second-order valence-corrected chi connectivity index (χ2v) is 5.02. The zero-order valence-corrected chi connectivity index (χ0v) is 11.0. The first-order chi connectivity index (χ1) is 9.13. The predicted octanol–water partition coefficient (Wildman–Crippen LogP) is 1.05. The van der Waals surface area contributed by atoms with Crippen molar-refractivity contribution >= 4 is 17.3 Å². The standard InChI is InChI=1S/C14H21N3O2/c15-11-3-5-12(6-4-11)16-14(19)2-1-8-17-9-7-13(18)10-17/h3-6,13,18H,1-2,7-10,15H2,(H,16,19). The SMILES string of the molecule is Nc1ccc(NC(=O)CCCN2CCC(O)C2)cc1. The van der Waals surface area contributed by atoms with Crippen LogP contribution < -0.4 is 11.1 Å². The van der Waals surface area contributed by atoms with E-state index in [9.17, 15) is 9.90 Å². The molecule has 0 saturated carbocycles. The number of benzene rings is 1. The smallest absolute Gasteiger partial charge is 0.224 e. The van der Waals surface area contributed by atoms with E-state index in [1.807, 2.05) is 0 Å². The fourth-order valence-electron chi connectivity index (χ4n) is 2.27. The van der Waals surface area contributed by atoms with E-state index in [2.05, 4.69) is 10.2 Å². The molecule has 19 heavy (non-hydrogen) atoms. The average Bonchev–Trinajstić information content (AvgIpc) is 2.78. The van der Waals surface area contributed by atoms with Crippen LogP contribution in [0.3, 0.4) is 0 Å². The van der Waals surface area contributed by atoms with Crippen molar-refractivity contribution in [2.24, 2.45) is 0 Å². The number of amides is 1. The van der Waals surface area contributed by atoms with Crippen LogP contribution in [-0.2, 0) is 4.79 Å². The highest BCUT2D eigenvalue weighted by Gasteiger charge is 2.19. The summed E-state index contributed by atoms with van der Waals surface area (Å²) < 4.78 is 0. The highest BCUT2D eigenvalue weighted by molar-refractivity contribution is 5.90. The fraction of sp³-hybridized carbons (Fsp3) is 0.500. The van der Waals surface area contributed by atoms with Crippen LogP contribution in [0.1, 0.15) is 19.3 Å². The summed E-state index contributed by atoms with van der Waals surface area (Å²) in [6, 6.07) is 7.12. The number of anilines is 2. The Bertz CT molecular complexity index is 419. The largest absolute Gasteiger partial charge is 0.399 e. The number of carbonyl (C=O) groups is 1. The van der Waals surface area contributed by atoms with Crippen LogP contribution in [0.2, 0.25) is 0 Å². The van der Waals surface area contributed by atoms with E-state index in [1.54, 1.807) is 24.3 Å². The molecule has 1 saturated heterocycles. The van der Waals surface area contributed by atoms with Crippen LogP contribution in [0.15, 0.2) is 24.3 Å². The molecule has 2 rings (SSSR count). The monoisotopic (exact) mass is 263 g/mol. The molecule has 1 heterocycles. The van der Waals surface area contributed by atoms with Crippen molar-refractivity contribution < 1.29 is 9.90 Å². The molecule has 1 aliphatic heterocycles. The average molecular weight is 263 g/mol. The summed E-state index contributed by atoms with van der Waals surface area (Å²) in [6.07, 6.45) is 1.96. The molecular weight excluding hydrogens is 242 g/mol. The maximum absolute atomic E-state index is 11.7. The van der Waals surface area contributed by atoms with Gasteiger partial charge in [-0.25, -0.2) is 0 Å². The Kier molecular flexibility index (Phi) is 4.76. The van der Waals surface area contributed by atoms with Gasteiger partial charge in [0.1, 0.15) is 0 Å². The van der Waals surface area contributed by atoms with Gasteiger partial charge in [0.25, 0.3) is 0 Å². The van der Waals surface area contributed by atoms with Gasteiger partial charge in [0.2, 0.25) is 5.91 Å². The van der Waals surface area contributed by atoms with Crippen LogP contribution >= 0.6 is 0 Å². The van der Waals surface area contributed by atoms with E-state index in [0.29, 0.717) is 12.1 Å². The normalized spacial score (nSPS) is 19.5. The number of hydrogen-bond acceptors (Lipinski definition) is 4. The molecule has 1 atom stereocenters. The van der Waals surface area contributed by atoms with Gasteiger partial charge in [-0.05, 0) is 43.7 Å². The molecule has 5 nitrogen and oxygen atoms in total.